The number of carbonyl (C=O) groups excluding carboxylic acids is 2. The predicted molar refractivity (Wildman–Crippen MR) is 116 cm³/mol. The molecule has 1 amide bonds. The summed E-state index contributed by atoms with van der Waals surface area (Å²) in [7, 11) is 1.33. The Labute approximate surface area is 175 Å². The Morgan fingerprint density at radius 2 is 1.43 bits per heavy atom. The number of hydrogen-bond donors (Lipinski definition) is 2. The van der Waals surface area contributed by atoms with Crippen LogP contribution in [0.25, 0.3) is 0 Å². The SMILES string of the molecule is COC(=O)CC(NC(=O)COc1ccc(Nc2ccccc2)cc1)c1ccccc1. The van der Waals surface area contributed by atoms with Crippen molar-refractivity contribution in [2.24, 2.45) is 0 Å². The van der Waals surface area contributed by atoms with E-state index in [1.165, 1.54) is 7.11 Å². The van der Waals surface area contributed by atoms with E-state index in [1.807, 2.05) is 72.8 Å². The lowest BCUT2D eigenvalue weighted by molar-refractivity contribution is -0.141. The number of benzene rings is 3. The highest BCUT2D eigenvalue weighted by Crippen LogP contribution is 2.20. The molecular weight excluding hydrogens is 380 g/mol. The number of hydrogen-bond acceptors (Lipinski definition) is 5. The number of ether oxygens (including phenoxy) is 2. The van der Waals surface area contributed by atoms with Crippen LogP contribution in [0.5, 0.6) is 5.75 Å². The van der Waals surface area contributed by atoms with E-state index in [1.54, 1.807) is 12.1 Å². The maximum Gasteiger partial charge on any atom is 0.307 e. The van der Waals surface area contributed by atoms with E-state index in [0.29, 0.717) is 5.75 Å². The lowest BCUT2D eigenvalue weighted by Gasteiger charge is -2.18. The molecular formula is C24H24N2O4. The molecule has 0 aliphatic carbocycles. The summed E-state index contributed by atoms with van der Waals surface area (Å²) in [5, 5.41) is 6.12. The number of nitrogens with one attached hydrogen (secondary N) is 2. The Hall–Kier alpha value is -3.80. The first-order valence-corrected chi connectivity index (χ1v) is 9.60. The molecule has 0 radical (unpaired) electrons. The molecule has 30 heavy (non-hydrogen) atoms. The van der Waals surface area contributed by atoms with Gasteiger partial charge in [-0.05, 0) is 42.0 Å². The molecule has 0 saturated heterocycles. The number of amides is 1. The Bertz CT molecular complexity index is 944. The average Bonchev–Trinajstić information content (AvgIpc) is 2.79. The van der Waals surface area contributed by atoms with Gasteiger partial charge >= 0.3 is 5.97 Å². The van der Waals surface area contributed by atoms with Crippen LogP contribution in [0.4, 0.5) is 11.4 Å². The minimum absolute atomic E-state index is 0.0477. The first kappa shape index (κ1) is 20.9. The number of methoxy groups -OCH3 is 1. The largest absolute Gasteiger partial charge is 0.484 e. The molecule has 3 rings (SSSR count). The smallest absolute Gasteiger partial charge is 0.307 e. The fraction of sp³-hybridized carbons (Fsp3) is 0.167. The van der Waals surface area contributed by atoms with Crippen molar-refractivity contribution in [1.29, 1.82) is 0 Å². The van der Waals surface area contributed by atoms with E-state index < -0.39 is 12.0 Å². The summed E-state index contributed by atoms with van der Waals surface area (Å²) in [5.41, 5.74) is 2.73. The van der Waals surface area contributed by atoms with E-state index in [9.17, 15) is 9.59 Å². The van der Waals surface area contributed by atoms with Crippen LogP contribution in [0, 0.1) is 0 Å². The van der Waals surface area contributed by atoms with Crippen molar-refractivity contribution >= 4 is 23.3 Å². The monoisotopic (exact) mass is 404 g/mol. The van der Waals surface area contributed by atoms with Gasteiger partial charge in [0, 0.05) is 11.4 Å². The zero-order chi connectivity index (χ0) is 21.2. The van der Waals surface area contributed by atoms with E-state index in [-0.39, 0.29) is 18.9 Å². The van der Waals surface area contributed by atoms with Crippen molar-refractivity contribution in [3.05, 3.63) is 90.5 Å². The molecule has 0 aromatic heterocycles. The van der Waals surface area contributed by atoms with Crippen LogP contribution in [0.2, 0.25) is 0 Å². The van der Waals surface area contributed by atoms with Gasteiger partial charge in [-0.25, -0.2) is 0 Å². The van der Waals surface area contributed by atoms with Gasteiger partial charge in [-0.1, -0.05) is 48.5 Å². The van der Waals surface area contributed by atoms with E-state index in [4.69, 9.17) is 9.47 Å². The topological polar surface area (TPSA) is 76.7 Å². The Kier molecular flexibility index (Phi) is 7.44. The third-order valence-electron chi connectivity index (χ3n) is 4.42. The second-order valence-corrected chi connectivity index (χ2v) is 6.62. The van der Waals surface area contributed by atoms with Crippen molar-refractivity contribution in [3.8, 4) is 5.75 Å². The maximum absolute atomic E-state index is 12.4. The molecule has 0 saturated carbocycles. The van der Waals surface area contributed by atoms with E-state index in [0.717, 1.165) is 16.9 Å². The molecule has 1 unspecified atom stereocenters. The summed E-state index contributed by atoms with van der Waals surface area (Å²) in [6.07, 6.45) is 0.0477. The molecule has 3 aromatic rings. The number of carbonyl (C=O) groups is 2. The lowest BCUT2D eigenvalue weighted by atomic mass is 10.0. The molecule has 2 N–H and O–H groups in total. The second kappa shape index (κ2) is 10.7. The maximum atomic E-state index is 12.4. The van der Waals surface area contributed by atoms with Gasteiger partial charge in [0.1, 0.15) is 5.75 Å². The van der Waals surface area contributed by atoms with Crippen LogP contribution >= 0.6 is 0 Å². The van der Waals surface area contributed by atoms with Crippen LogP contribution in [0.1, 0.15) is 18.0 Å². The van der Waals surface area contributed by atoms with Crippen molar-refractivity contribution in [2.45, 2.75) is 12.5 Å². The van der Waals surface area contributed by atoms with E-state index in [2.05, 4.69) is 10.6 Å². The van der Waals surface area contributed by atoms with Crippen molar-refractivity contribution in [3.63, 3.8) is 0 Å². The second-order valence-electron chi connectivity index (χ2n) is 6.62. The summed E-state index contributed by atoms with van der Waals surface area (Å²) in [6, 6.07) is 26.0. The Morgan fingerprint density at radius 3 is 2.07 bits per heavy atom. The molecule has 0 fully saturated rings. The number of esters is 1. The fourth-order valence-electron chi connectivity index (χ4n) is 2.90. The third kappa shape index (κ3) is 6.38. The number of para-hydroxylation sites is 1. The van der Waals surface area contributed by atoms with Crippen LogP contribution in [-0.2, 0) is 14.3 Å². The summed E-state index contributed by atoms with van der Waals surface area (Å²) >= 11 is 0. The highest BCUT2D eigenvalue weighted by molar-refractivity contribution is 5.79. The van der Waals surface area contributed by atoms with Gasteiger partial charge in [0.25, 0.3) is 5.91 Å². The minimum atomic E-state index is -0.479. The van der Waals surface area contributed by atoms with Gasteiger partial charge in [0.15, 0.2) is 6.61 Å². The quantitative estimate of drug-likeness (QED) is 0.522. The van der Waals surface area contributed by atoms with Crippen molar-refractivity contribution in [1.82, 2.24) is 5.32 Å². The fourth-order valence-corrected chi connectivity index (χ4v) is 2.90. The predicted octanol–water partition coefficient (Wildman–Crippen LogP) is 4.23. The van der Waals surface area contributed by atoms with Crippen LogP contribution in [-0.4, -0.2) is 25.6 Å². The zero-order valence-electron chi connectivity index (χ0n) is 16.7. The van der Waals surface area contributed by atoms with Crippen molar-refractivity contribution in [2.75, 3.05) is 19.0 Å². The van der Waals surface area contributed by atoms with E-state index >= 15 is 0 Å². The standard InChI is InChI=1S/C24H24N2O4/c1-29-24(28)16-22(18-8-4-2-5-9-18)26-23(27)17-30-21-14-12-20(13-15-21)25-19-10-6-3-7-11-19/h2-15,22,25H,16-17H2,1H3,(H,26,27). The molecule has 0 aliphatic heterocycles. The third-order valence-corrected chi connectivity index (χ3v) is 4.42. The lowest BCUT2D eigenvalue weighted by Crippen LogP contribution is -2.34. The zero-order valence-corrected chi connectivity index (χ0v) is 16.7. The normalized spacial score (nSPS) is 11.2. The van der Waals surface area contributed by atoms with Gasteiger partial charge in [-0.3, -0.25) is 9.59 Å². The summed E-state index contributed by atoms with van der Waals surface area (Å²) < 4.78 is 10.3. The molecule has 6 nitrogen and oxygen atoms in total. The summed E-state index contributed by atoms with van der Waals surface area (Å²) in [4.78, 5) is 24.1. The molecule has 0 heterocycles. The Morgan fingerprint density at radius 1 is 0.833 bits per heavy atom. The van der Waals surface area contributed by atoms with Gasteiger partial charge in [-0.2, -0.15) is 0 Å². The van der Waals surface area contributed by atoms with Gasteiger partial charge < -0.3 is 20.1 Å². The molecule has 0 aliphatic rings. The Balaban J connectivity index is 1.54. The highest BCUT2D eigenvalue weighted by atomic mass is 16.5. The molecule has 0 spiro atoms. The van der Waals surface area contributed by atoms with Crippen LogP contribution in [0.15, 0.2) is 84.9 Å². The molecule has 154 valence electrons. The average molecular weight is 404 g/mol. The number of anilines is 2. The first-order valence-electron chi connectivity index (χ1n) is 9.60. The first-order chi connectivity index (χ1) is 14.6. The molecule has 0 bridgehead atoms. The summed E-state index contributed by atoms with van der Waals surface area (Å²) in [6.45, 7) is -0.157. The minimum Gasteiger partial charge on any atom is -0.484 e. The van der Waals surface area contributed by atoms with Crippen molar-refractivity contribution < 1.29 is 19.1 Å². The molecule has 1 atom stereocenters. The molecule has 3 aromatic carbocycles. The van der Waals surface area contributed by atoms with Gasteiger partial charge in [0.05, 0.1) is 19.6 Å². The summed E-state index contributed by atoms with van der Waals surface area (Å²) in [5.74, 6) is -0.140. The van der Waals surface area contributed by atoms with Gasteiger partial charge in [-0.15, -0.1) is 0 Å². The van der Waals surface area contributed by atoms with Gasteiger partial charge in [0.2, 0.25) is 0 Å². The number of rotatable bonds is 9. The highest BCUT2D eigenvalue weighted by Gasteiger charge is 2.19. The molecule has 6 heteroatoms. The van der Waals surface area contributed by atoms with Crippen LogP contribution in [0.3, 0.4) is 0 Å². The van der Waals surface area contributed by atoms with Crippen LogP contribution < -0.4 is 15.4 Å².